The maximum absolute atomic E-state index is 12.7. The van der Waals surface area contributed by atoms with Crippen molar-refractivity contribution < 1.29 is 23.7 Å². The number of nitrogens with zero attached hydrogens (tertiary/aromatic N) is 1. The van der Waals surface area contributed by atoms with Gasteiger partial charge in [-0.2, -0.15) is 0 Å². The third-order valence-electron chi connectivity index (χ3n) is 5.96. The first-order valence-corrected chi connectivity index (χ1v) is 10.7. The summed E-state index contributed by atoms with van der Waals surface area (Å²) in [6, 6.07) is 16.2. The van der Waals surface area contributed by atoms with Crippen LogP contribution in [0.1, 0.15) is 30.0 Å². The van der Waals surface area contributed by atoms with Crippen molar-refractivity contribution in [3.05, 3.63) is 59.7 Å². The number of hydrogen-bond donors (Lipinski definition) is 2. The Hall–Kier alpha value is -3.32. The Morgan fingerprint density at radius 2 is 1.90 bits per heavy atom. The number of ether oxygens (including phenoxy) is 2. The number of likely N-dealkylation sites (tertiary alicyclic amines) is 1. The number of amides is 1. The van der Waals surface area contributed by atoms with Crippen molar-refractivity contribution in [2.45, 2.75) is 25.8 Å². The molecule has 1 aromatic heterocycles. The average Bonchev–Trinajstić information content (AvgIpc) is 3.43. The molecule has 0 saturated carbocycles. The van der Waals surface area contributed by atoms with Crippen LogP contribution in [-0.2, 0) is 4.79 Å². The highest BCUT2D eigenvalue weighted by atomic mass is 16.6. The van der Waals surface area contributed by atoms with E-state index in [0.29, 0.717) is 31.3 Å². The van der Waals surface area contributed by atoms with E-state index in [-0.39, 0.29) is 11.9 Å². The van der Waals surface area contributed by atoms with Gasteiger partial charge in [0.15, 0.2) is 18.0 Å². The number of fused-ring (bicyclic) bond motifs is 1. The van der Waals surface area contributed by atoms with Gasteiger partial charge in [0.2, 0.25) is 5.88 Å². The minimum atomic E-state index is -0.0777. The number of quaternary nitrogens is 1. The molecule has 7 heteroatoms. The first-order chi connectivity index (χ1) is 15.2. The zero-order chi connectivity index (χ0) is 21.2. The number of nitrogens with one attached hydrogen (secondary N) is 2. The van der Waals surface area contributed by atoms with Crippen LogP contribution in [0.5, 0.6) is 11.5 Å². The van der Waals surface area contributed by atoms with Crippen LogP contribution >= 0.6 is 0 Å². The first-order valence-electron chi connectivity index (χ1n) is 10.7. The first kappa shape index (κ1) is 19.6. The normalized spacial score (nSPS) is 19.9. The lowest BCUT2D eigenvalue weighted by Gasteiger charge is -2.23. The van der Waals surface area contributed by atoms with Gasteiger partial charge in [-0.3, -0.25) is 10.1 Å². The van der Waals surface area contributed by atoms with Crippen LogP contribution in [0.2, 0.25) is 0 Å². The second-order valence-electron chi connectivity index (χ2n) is 8.17. The summed E-state index contributed by atoms with van der Waals surface area (Å²) < 4.78 is 16.7. The molecule has 1 fully saturated rings. The van der Waals surface area contributed by atoms with Gasteiger partial charge in [-0.25, -0.2) is 0 Å². The van der Waals surface area contributed by atoms with Crippen LogP contribution < -0.4 is 19.7 Å². The van der Waals surface area contributed by atoms with Gasteiger partial charge < -0.3 is 18.9 Å². The average molecular weight is 420 g/mol. The molecule has 3 heterocycles. The van der Waals surface area contributed by atoms with Gasteiger partial charge in [-0.15, -0.1) is 0 Å². The minimum absolute atomic E-state index is 0.0777. The molecule has 2 aliphatic rings. The predicted molar refractivity (Wildman–Crippen MR) is 115 cm³/mol. The molecule has 7 nitrogen and oxygen atoms in total. The van der Waals surface area contributed by atoms with Crippen molar-refractivity contribution in [2.75, 3.05) is 31.6 Å². The summed E-state index contributed by atoms with van der Waals surface area (Å²) in [7, 11) is 0. The van der Waals surface area contributed by atoms with Gasteiger partial charge in [0.25, 0.3) is 5.91 Å². The van der Waals surface area contributed by atoms with Crippen molar-refractivity contribution in [1.29, 1.82) is 0 Å². The summed E-state index contributed by atoms with van der Waals surface area (Å²) in [6.45, 7) is 4.52. The van der Waals surface area contributed by atoms with E-state index < -0.39 is 0 Å². The molecule has 1 unspecified atom stereocenters. The number of aromatic nitrogens is 1. The van der Waals surface area contributed by atoms with Crippen molar-refractivity contribution in [2.24, 2.45) is 0 Å². The molecule has 0 aliphatic carbocycles. The Bertz CT molecular complexity index is 1080. The second kappa shape index (κ2) is 8.43. The van der Waals surface area contributed by atoms with Crippen molar-refractivity contribution >= 4 is 11.8 Å². The zero-order valence-electron chi connectivity index (χ0n) is 17.5. The van der Waals surface area contributed by atoms with Gasteiger partial charge in [0, 0.05) is 30.0 Å². The van der Waals surface area contributed by atoms with E-state index in [2.05, 4.69) is 22.6 Å². The molecule has 160 valence electrons. The van der Waals surface area contributed by atoms with E-state index in [1.54, 1.807) is 6.07 Å². The van der Waals surface area contributed by atoms with Crippen molar-refractivity contribution in [1.82, 2.24) is 5.16 Å². The Kier molecular flexibility index (Phi) is 5.34. The standard InChI is InChI=1S/C24H25N3O4/c1-16-4-6-17(7-5-16)19-14-24(31-26-19)25-23(28)15-27-10-2-3-20(27)18-8-9-21-22(13-18)30-12-11-29-21/h4-9,13-14,20H,2-3,10-12,15H2,1H3,(H,25,28)/p+1/t20-/m1/s1. The van der Waals surface area contributed by atoms with Crippen LogP contribution in [0.3, 0.4) is 0 Å². The van der Waals surface area contributed by atoms with Crippen molar-refractivity contribution in [3.63, 3.8) is 0 Å². The number of aryl methyl sites for hydroxylation is 1. The Labute approximate surface area is 180 Å². The number of carbonyl (C=O) groups is 1. The molecule has 31 heavy (non-hydrogen) atoms. The minimum Gasteiger partial charge on any atom is -0.486 e. The summed E-state index contributed by atoms with van der Waals surface area (Å²) in [6.07, 6.45) is 2.13. The number of rotatable bonds is 5. The molecular formula is C24H26N3O4+. The highest BCUT2D eigenvalue weighted by Gasteiger charge is 2.32. The molecule has 0 spiro atoms. The number of hydrogen-bond acceptors (Lipinski definition) is 5. The molecular weight excluding hydrogens is 394 g/mol. The summed E-state index contributed by atoms with van der Waals surface area (Å²) in [4.78, 5) is 13.9. The highest BCUT2D eigenvalue weighted by Crippen LogP contribution is 2.33. The fraction of sp³-hybridized carbons (Fsp3) is 0.333. The van der Waals surface area contributed by atoms with Gasteiger partial charge in [0.05, 0.1) is 6.54 Å². The Balaban J connectivity index is 1.23. The molecule has 2 atom stereocenters. The van der Waals surface area contributed by atoms with Gasteiger partial charge >= 0.3 is 0 Å². The molecule has 2 N–H and O–H groups in total. The monoisotopic (exact) mass is 420 g/mol. The van der Waals surface area contributed by atoms with E-state index in [1.165, 1.54) is 16.0 Å². The summed E-state index contributed by atoms with van der Waals surface area (Å²) in [5.41, 5.74) is 4.03. The van der Waals surface area contributed by atoms with Crippen LogP contribution in [0, 0.1) is 6.92 Å². The fourth-order valence-electron chi connectivity index (χ4n) is 4.38. The van der Waals surface area contributed by atoms with E-state index in [9.17, 15) is 4.79 Å². The van der Waals surface area contributed by atoms with Crippen LogP contribution in [-0.4, -0.2) is 37.4 Å². The lowest BCUT2D eigenvalue weighted by molar-refractivity contribution is -0.910. The lowest BCUT2D eigenvalue weighted by Crippen LogP contribution is -3.11. The quantitative estimate of drug-likeness (QED) is 0.664. The van der Waals surface area contributed by atoms with Gasteiger partial charge in [0.1, 0.15) is 24.9 Å². The Morgan fingerprint density at radius 3 is 2.74 bits per heavy atom. The molecule has 5 rings (SSSR count). The van der Waals surface area contributed by atoms with E-state index in [4.69, 9.17) is 14.0 Å². The molecule has 1 amide bonds. The number of anilines is 1. The summed E-state index contributed by atoms with van der Waals surface area (Å²) in [5.74, 6) is 1.88. The lowest BCUT2D eigenvalue weighted by atomic mass is 10.0. The molecule has 1 saturated heterocycles. The van der Waals surface area contributed by atoms with E-state index in [0.717, 1.165) is 36.4 Å². The molecule has 3 aromatic rings. The maximum atomic E-state index is 12.7. The van der Waals surface area contributed by atoms with Gasteiger partial charge in [-0.05, 0) is 25.1 Å². The largest absolute Gasteiger partial charge is 0.486 e. The molecule has 2 aromatic carbocycles. The second-order valence-corrected chi connectivity index (χ2v) is 8.17. The fourth-order valence-corrected chi connectivity index (χ4v) is 4.38. The molecule has 2 aliphatic heterocycles. The maximum Gasteiger partial charge on any atom is 0.281 e. The number of carbonyl (C=O) groups excluding carboxylic acids is 1. The molecule has 0 radical (unpaired) electrons. The smallest absolute Gasteiger partial charge is 0.281 e. The van der Waals surface area contributed by atoms with Gasteiger partial charge in [-0.1, -0.05) is 35.0 Å². The van der Waals surface area contributed by atoms with E-state index >= 15 is 0 Å². The zero-order valence-corrected chi connectivity index (χ0v) is 17.5. The Morgan fingerprint density at radius 1 is 1.10 bits per heavy atom. The van der Waals surface area contributed by atoms with Crippen LogP contribution in [0.15, 0.2) is 53.1 Å². The van der Waals surface area contributed by atoms with Crippen molar-refractivity contribution in [3.8, 4) is 22.8 Å². The summed E-state index contributed by atoms with van der Waals surface area (Å²) >= 11 is 0. The van der Waals surface area contributed by atoms with Crippen LogP contribution in [0.25, 0.3) is 11.3 Å². The third-order valence-corrected chi connectivity index (χ3v) is 5.96. The highest BCUT2D eigenvalue weighted by molar-refractivity contribution is 5.90. The third kappa shape index (κ3) is 4.27. The molecule has 0 bridgehead atoms. The van der Waals surface area contributed by atoms with E-state index in [1.807, 2.05) is 37.3 Å². The van der Waals surface area contributed by atoms with Crippen LogP contribution in [0.4, 0.5) is 5.88 Å². The SMILES string of the molecule is Cc1ccc(-c2cc(NC(=O)C[NH+]3CCC[C@@H]3c3ccc4c(c3)OCCO4)on2)cc1. The predicted octanol–water partition coefficient (Wildman–Crippen LogP) is 2.78. The topological polar surface area (TPSA) is 78.0 Å². The number of benzene rings is 2. The summed E-state index contributed by atoms with van der Waals surface area (Å²) in [5, 5.41) is 6.94.